The molecule has 0 unspecified atom stereocenters. The van der Waals surface area contributed by atoms with E-state index in [1.807, 2.05) is 6.07 Å². The average Bonchev–Trinajstić information content (AvgIpc) is 2.79. The molecule has 0 aliphatic carbocycles. The summed E-state index contributed by atoms with van der Waals surface area (Å²) in [6.07, 6.45) is 0. The fourth-order valence-electron chi connectivity index (χ4n) is 3.24. The number of amides is 1. The van der Waals surface area contributed by atoms with E-state index in [0.717, 1.165) is 5.69 Å². The van der Waals surface area contributed by atoms with Crippen molar-refractivity contribution in [1.82, 2.24) is 4.31 Å². The van der Waals surface area contributed by atoms with Crippen LogP contribution in [0.4, 0.5) is 11.4 Å². The Morgan fingerprint density at radius 3 is 2.48 bits per heavy atom. The molecule has 0 aromatic heterocycles. The molecule has 9 nitrogen and oxygen atoms in total. The predicted molar refractivity (Wildman–Crippen MR) is 117 cm³/mol. The minimum atomic E-state index is -3.63. The molecule has 10 heteroatoms. The van der Waals surface area contributed by atoms with Gasteiger partial charge in [-0.3, -0.25) is 4.79 Å². The third-order valence-electron chi connectivity index (χ3n) is 4.91. The van der Waals surface area contributed by atoms with Crippen LogP contribution in [0.15, 0.2) is 47.4 Å². The first-order valence-electron chi connectivity index (χ1n) is 9.76. The van der Waals surface area contributed by atoms with Crippen LogP contribution in [0.2, 0.25) is 0 Å². The number of ether oxygens (including phenoxy) is 3. The van der Waals surface area contributed by atoms with E-state index in [0.29, 0.717) is 43.5 Å². The van der Waals surface area contributed by atoms with Gasteiger partial charge in [-0.15, -0.1) is 0 Å². The van der Waals surface area contributed by atoms with Gasteiger partial charge >= 0.3 is 0 Å². The quantitative estimate of drug-likeness (QED) is 0.656. The molecule has 1 amide bonds. The lowest BCUT2D eigenvalue weighted by atomic mass is 10.2. The van der Waals surface area contributed by atoms with E-state index in [-0.39, 0.29) is 17.3 Å². The maximum Gasteiger partial charge on any atom is 0.243 e. The Morgan fingerprint density at radius 2 is 1.81 bits per heavy atom. The number of benzene rings is 2. The van der Waals surface area contributed by atoms with Crippen LogP contribution in [0.3, 0.4) is 0 Å². The molecule has 2 aromatic carbocycles. The molecular weight excluding hydrogens is 422 g/mol. The molecule has 31 heavy (non-hydrogen) atoms. The third kappa shape index (κ3) is 5.46. The Balaban J connectivity index is 1.67. The minimum Gasteiger partial charge on any atom is -0.493 e. The first-order valence-corrected chi connectivity index (χ1v) is 11.2. The molecule has 0 saturated carbocycles. The van der Waals surface area contributed by atoms with Crippen molar-refractivity contribution in [3.63, 3.8) is 0 Å². The van der Waals surface area contributed by atoms with E-state index < -0.39 is 10.0 Å². The molecule has 1 fully saturated rings. The van der Waals surface area contributed by atoms with Gasteiger partial charge in [0.2, 0.25) is 15.9 Å². The first kappa shape index (κ1) is 22.9. The molecule has 1 aliphatic rings. The molecule has 168 valence electrons. The zero-order valence-corrected chi connectivity index (χ0v) is 18.6. The van der Waals surface area contributed by atoms with Crippen molar-refractivity contribution in [3.05, 3.63) is 42.5 Å². The van der Waals surface area contributed by atoms with E-state index in [2.05, 4.69) is 5.32 Å². The number of nitrogens with zero attached hydrogens (tertiary/aromatic N) is 2. The molecule has 0 bridgehead atoms. The first-order chi connectivity index (χ1) is 14.8. The highest BCUT2D eigenvalue weighted by Crippen LogP contribution is 2.31. The van der Waals surface area contributed by atoms with Crippen molar-refractivity contribution in [2.75, 3.05) is 64.3 Å². The van der Waals surface area contributed by atoms with Gasteiger partial charge in [-0.1, -0.05) is 6.07 Å². The van der Waals surface area contributed by atoms with Gasteiger partial charge in [0, 0.05) is 37.6 Å². The van der Waals surface area contributed by atoms with Gasteiger partial charge in [-0.2, -0.15) is 4.31 Å². The molecule has 1 heterocycles. The number of hydrogen-bond acceptors (Lipinski definition) is 7. The van der Waals surface area contributed by atoms with E-state index >= 15 is 0 Å². The summed E-state index contributed by atoms with van der Waals surface area (Å²) < 4.78 is 42.8. The highest BCUT2D eigenvalue weighted by atomic mass is 32.2. The molecule has 0 radical (unpaired) electrons. The monoisotopic (exact) mass is 449 g/mol. The van der Waals surface area contributed by atoms with Crippen molar-refractivity contribution in [3.8, 4) is 11.5 Å². The van der Waals surface area contributed by atoms with Crippen LogP contribution in [0.5, 0.6) is 11.5 Å². The fraction of sp³-hybridized carbons (Fsp3) is 0.381. The molecule has 2 aromatic rings. The Labute approximate surface area is 182 Å². The summed E-state index contributed by atoms with van der Waals surface area (Å²) in [5, 5.41) is 2.76. The van der Waals surface area contributed by atoms with Crippen LogP contribution in [0, 0.1) is 0 Å². The van der Waals surface area contributed by atoms with Crippen molar-refractivity contribution in [2.24, 2.45) is 0 Å². The summed E-state index contributed by atoms with van der Waals surface area (Å²) >= 11 is 0. The predicted octanol–water partition coefficient (Wildman–Crippen LogP) is 1.80. The van der Waals surface area contributed by atoms with Crippen LogP contribution in [0.1, 0.15) is 0 Å². The third-order valence-corrected chi connectivity index (χ3v) is 6.81. The maximum atomic E-state index is 12.8. The molecule has 0 atom stereocenters. The van der Waals surface area contributed by atoms with Gasteiger partial charge in [0.25, 0.3) is 0 Å². The summed E-state index contributed by atoms with van der Waals surface area (Å²) in [5.41, 5.74) is 1.19. The highest BCUT2D eigenvalue weighted by Gasteiger charge is 2.26. The zero-order chi connectivity index (χ0) is 22.4. The number of carbonyl (C=O) groups excluding carboxylic acids is 1. The molecule has 1 saturated heterocycles. The molecule has 3 rings (SSSR count). The number of morpholine rings is 1. The second-order valence-corrected chi connectivity index (χ2v) is 8.93. The molecule has 1 N–H and O–H groups in total. The molecule has 1 aliphatic heterocycles. The number of hydrogen-bond donors (Lipinski definition) is 1. The summed E-state index contributed by atoms with van der Waals surface area (Å²) in [7, 11) is 1.25. The van der Waals surface area contributed by atoms with Crippen LogP contribution in [-0.4, -0.2) is 72.7 Å². The van der Waals surface area contributed by atoms with Crippen molar-refractivity contribution in [1.29, 1.82) is 0 Å². The summed E-state index contributed by atoms with van der Waals surface area (Å²) in [4.78, 5) is 14.4. The van der Waals surface area contributed by atoms with Gasteiger partial charge < -0.3 is 24.4 Å². The number of likely N-dealkylation sites (N-methyl/N-ethyl adjacent to an activating group) is 1. The van der Waals surface area contributed by atoms with Crippen LogP contribution in [0.25, 0.3) is 0 Å². The fourth-order valence-corrected chi connectivity index (χ4v) is 4.69. The molecule has 0 spiro atoms. The van der Waals surface area contributed by atoms with Gasteiger partial charge in [0.1, 0.15) is 0 Å². The van der Waals surface area contributed by atoms with E-state index in [1.54, 1.807) is 50.4 Å². The Hall–Kier alpha value is -2.82. The van der Waals surface area contributed by atoms with Crippen molar-refractivity contribution < 1.29 is 27.4 Å². The normalized spacial score (nSPS) is 14.7. The summed E-state index contributed by atoms with van der Waals surface area (Å²) in [6.45, 7) is 1.44. The van der Waals surface area contributed by atoms with Crippen molar-refractivity contribution in [2.45, 2.75) is 4.90 Å². The lowest BCUT2D eigenvalue weighted by molar-refractivity contribution is -0.114. The number of rotatable bonds is 8. The number of anilines is 2. The topological polar surface area (TPSA) is 97.4 Å². The van der Waals surface area contributed by atoms with Gasteiger partial charge in [0.15, 0.2) is 11.5 Å². The van der Waals surface area contributed by atoms with Gasteiger partial charge in [-0.05, 0) is 30.3 Å². The Morgan fingerprint density at radius 1 is 1.10 bits per heavy atom. The highest BCUT2D eigenvalue weighted by molar-refractivity contribution is 7.89. The second-order valence-electron chi connectivity index (χ2n) is 6.99. The van der Waals surface area contributed by atoms with Gasteiger partial charge in [-0.25, -0.2) is 8.42 Å². The smallest absolute Gasteiger partial charge is 0.243 e. The van der Waals surface area contributed by atoms with Gasteiger partial charge in [0.05, 0.1) is 38.9 Å². The van der Waals surface area contributed by atoms with E-state index in [1.165, 1.54) is 16.4 Å². The number of sulfonamides is 1. The van der Waals surface area contributed by atoms with Crippen LogP contribution >= 0.6 is 0 Å². The molecular formula is C21H27N3O6S. The zero-order valence-electron chi connectivity index (χ0n) is 17.8. The second kappa shape index (κ2) is 9.99. The largest absolute Gasteiger partial charge is 0.493 e. The van der Waals surface area contributed by atoms with Crippen molar-refractivity contribution >= 4 is 27.3 Å². The number of carbonyl (C=O) groups is 1. The standard InChI is InChI=1S/C21H27N3O6S/c1-23(17-7-8-19(28-2)20(14-17)29-3)15-21(25)22-16-5-4-6-18(13-16)31(26,27)24-9-11-30-12-10-24/h4-8,13-14H,9-12,15H2,1-3H3,(H,22,25). The maximum absolute atomic E-state index is 12.8. The van der Waals surface area contributed by atoms with Crippen LogP contribution in [-0.2, 0) is 19.6 Å². The summed E-state index contributed by atoms with van der Waals surface area (Å²) in [5.74, 6) is 0.883. The lowest BCUT2D eigenvalue weighted by Gasteiger charge is -2.26. The Kier molecular flexibility index (Phi) is 7.37. The Bertz CT molecular complexity index is 1020. The van der Waals surface area contributed by atoms with E-state index in [9.17, 15) is 13.2 Å². The minimum absolute atomic E-state index is 0.0654. The SMILES string of the molecule is COc1ccc(N(C)CC(=O)Nc2cccc(S(=O)(=O)N3CCOCC3)c2)cc1OC. The average molecular weight is 450 g/mol. The lowest BCUT2D eigenvalue weighted by Crippen LogP contribution is -2.40. The van der Waals surface area contributed by atoms with E-state index in [4.69, 9.17) is 14.2 Å². The number of nitrogens with one attached hydrogen (secondary N) is 1. The number of methoxy groups -OCH3 is 2. The van der Waals surface area contributed by atoms with Crippen LogP contribution < -0.4 is 19.7 Å². The summed E-state index contributed by atoms with van der Waals surface area (Å²) in [6, 6.07) is 11.6.